The number of aliphatic hydroxyl groups excluding tert-OH is 5. The molecule has 0 radical (unpaired) electrons. The number of unbranched alkanes of at least 4 members (excludes halogenated alkanes) is 41. The molecule has 6 N–H and O–H groups in total. The average molecular weight is 1090 g/mol. The second-order valence-electron chi connectivity index (χ2n) is 23.2. The minimum Gasteiger partial charge on any atom is -0.454 e. The van der Waals surface area contributed by atoms with Crippen molar-refractivity contribution in [3.63, 3.8) is 0 Å². The van der Waals surface area contributed by atoms with Gasteiger partial charge in [0, 0.05) is 6.42 Å². The van der Waals surface area contributed by atoms with E-state index in [1.54, 1.807) is 6.08 Å². The molecule has 1 fully saturated rings. The van der Waals surface area contributed by atoms with Gasteiger partial charge in [-0.05, 0) is 51.4 Å². The van der Waals surface area contributed by atoms with E-state index in [-0.39, 0.29) is 13.0 Å². The highest BCUT2D eigenvalue weighted by Crippen LogP contribution is 2.26. The van der Waals surface area contributed by atoms with Crippen molar-refractivity contribution in [1.82, 2.24) is 5.32 Å². The third kappa shape index (κ3) is 42.6. The smallest absolute Gasteiger partial charge is 0.306 e. The maximum atomic E-state index is 13.4. The van der Waals surface area contributed by atoms with Crippen molar-refractivity contribution in [2.75, 3.05) is 13.2 Å². The summed E-state index contributed by atoms with van der Waals surface area (Å²) in [5.74, 6) is -1.18. The molecule has 8 unspecified atom stereocenters. The molecule has 1 saturated heterocycles. The molecule has 1 rings (SSSR count). The van der Waals surface area contributed by atoms with Crippen LogP contribution in [-0.2, 0) is 23.8 Å². The Kier molecular flexibility index (Phi) is 52.0. The van der Waals surface area contributed by atoms with Crippen molar-refractivity contribution in [2.24, 2.45) is 0 Å². The quantitative estimate of drug-likeness (QED) is 0.0195. The number of esters is 1. The normalized spacial score (nSPS) is 19.1. The first-order valence-electron chi connectivity index (χ1n) is 33.1. The Morgan fingerprint density at radius 2 is 0.857 bits per heavy atom. The third-order valence-electron chi connectivity index (χ3n) is 15.9. The van der Waals surface area contributed by atoms with Crippen molar-refractivity contribution < 1.29 is 49.3 Å². The monoisotopic (exact) mass is 1090 g/mol. The van der Waals surface area contributed by atoms with Gasteiger partial charge in [-0.15, -0.1) is 0 Å². The zero-order valence-electron chi connectivity index (χ0n) is 50.4. The van der Waals surface area contributed by atoms with Crippen LogP contribution in [0, 0.1) is 0 Å². The molecule has 1 aliphatic heterocycles. The first-order chi connectivity index (χ1) is 37.7. The highest BCUT2D eigenvalue weighted by Gasteiger charge is 2.47. The van der Waals surface area contributed by atoms with Crippen LogP contribution in [0.25, 0.3) is 0 Å². The van der Waals surface area contributed by atoms with Gasteiger partial charge in [0.15, 0.2) is 12.4 Å². The van der Waals surface area contributed by atoms with Crippen molar-refractivity contribution in [3.8, 4) is 0 Å². The Bertz CT molecular complexity index is 1350. The minimum absolute atomic E-state index is 0.129. The van der Waals surface area contributed by atoms with Crippen molar-refractivity contribution in [1.29, 1.82) is 0 Å². The molecule has 8 atom stereocenters. The molecule has 0 aliphatic carbocycles. The molecule has 0 aromatic heterocycles. The van der Waals surface area contributed by atoms with E-state index >= 15 is 0 Å². The van der Waals surface area contributed by atoms with Gasteiger partial charge in [0.05, 0.1) is 25.4 Å². The minimum atomic E-state index is -1.61. The van der Waals surface area contributed by atoms with Crippen LogP contribution in [0.3, 0.4) is 0 Å². The van der Waals surface area contributed by atoms with Gasteiger partial charge in [0.25, 0.3) is 0 Å². The van der Waals surface area contributed by atoms with Gasteiger partial charge in [-0.1, -0.05) is 289 Å². The largest absolute Gasteiger partial charge is 0.454 e. The number of amides is 1. The first-order valence-corrected chi connectivity index (χ1v) is 33.1. The van der Waals surface area contributed by atoms with Crippen LogP contribution in [-0.4, -0.2) is 99.6 Å². The van der Waals surface area contributed by atoms with E-state index in [9.17, 15) is 35.1 Å². The highest BCUT2D eigenvalue weighted by atomic mass is 16.7. The number of ether oxygens (including phenoxy) is 3. The third-order valence-corrected chi connectivity index (χ3v) is 15.9. The van der Waals surface area contributed by atoms with Crippen LogP contribution >= 0.6 is 0 Å². The highest BCUT2D eigenvalue weighted by molar-refractivity contribution is 5.80. The predicted molar refractivity (Wildman–Crippen MR) is 320 cm³/mol. The number of carbonyl (C=O) groups excluding carboxylic acids is 2. The summed E-state index contributed by atoms with van der Waals surface area (Å²) in [6.07, 6.45) is 53.7. The fourth-order valence-electron chi connectivity index (χ4n) is 10.6. The number of rotatable bonds is 57. The number of allylic oxidation sites excluding steroid dienone is 3. The first kappa shape index (κ1) is 73.2. The van der Waals surface area contributed by atoms with Gasteiger partial charge in [-0.2, -0.15) is 0 Å². The van der Waals surface area contributed by atoms with Crippen LogP contribution in [0.4, 0.5) is 0 Å². The van der Waals surface area contributed by atoms with Crippen LogP contribution in [0.15, 0.2) is 24.3 Å². The molecule has 454 valence electrons. The van der Waals surface area contributed by atoms with E-state index in [1.165, 1.54) is 218 Å². The van der Waals surface area contributed by atoms with Gasteiger partial charge in [0.1, 0.15) is 24.4 Å². The summed E-state index contributed by atoms with van der Waals surface area (Å²) in [7, 11) is 0. The molecule has 1 heterocycles. The lowest BCUT2D eigenvalue weighted by Gasteiger charge is -2.41. The van der Waals surface area contributed by atoms with Gasteiger partial charge < -0.3 is 45.1 Å². The molecule has 1 aliphatic rings. The molecule has 11 heteroatoms. The topological polar surface area (TPSA) is 175 Å². The van der Waals surface area contributed by atoms with E-state index in [4.69, 9.17) is 14.2 Å². The fraction of sp³-hybridized carbons (Fsp3) is 0.909. The summed E-state index contributed by atoms with van der Waals surface area (Å²) in [5.41, 5.74) is 0. The Morgan fingerprint density at radius 3 is 1.26 bits per heavy atom. The number of aliphatic hydroxyl groups is 5. The molecule has 0 saturated carbocycles. The Labute approximate surface area is 473 Å². The van der Waals surface area contributed by atoms with E-state index in [1.807, 2.05) is 6.08 Å². The molecule has 1 amide bonds. The molecular weight excluding hydrogens is 967 g/mol. The second kappa shape index (κ2) is 54.7. The van der Waals surface area contributed by atoms with Gasteiger partial charge >= 0.3 is 5.97 Å². The maximum Gasteiger partial charge on any atom is 0.306 e. The van der Waals surface area contributed by atoms with Gasteiger partial charge in [0.2, 0.25) is 5.91 Å². The molecule has 0 bridgehead atoms. The molecule has 0 spiro atoms. The summed E-state index contributed by atoms with van der Waals surface area (Å²) < 4.78 is 17.6. The van der Waals surface area contributed by atoms with Crippen LogP contribution in [0.1, 0.15) is 323 Å². The Morgan fingerprint density at radius 1 is 0.494 bits per heavy atom. The van der Waals surface area contributed by atoms with Crippen LogP contribution in [0.5, 0.6) is 0 Å². The fourth-order valence-corrected chi connectivity index (χ4v) is 10.6. The van der Waals surface area contributed by atoms with E-state index in [2.05, 4.69) is 38.2 Å². The number of hydrogen-bond donors (Lipinski definition) is 6. The molecule has 0 aromatic carbocycles. The Balaban J connectivity index is 2.58. The average Bonchev–Trinajstić information content (AvgIpc) is 3.43. The number of nitrogens with one attached hydrogen (secondary N) is 1. The summed E-state index contributed by atoms with van der Waals surface area (Å²) in [6.45, 7) is 5.81. The van der Waals surface area contributed by atoms with E-state index in [0.29, 0.717) is 19.3 Å². The lowest BCUT2D eigenvalue weighted by atomic mass is 9.99. The lowest BCUT2D eigenvalue weighted by Crippen LogP contribution is -2.61. The zero-order valence-corrected chi connectivity index (χ0v) is 50.4. The van der Waals surface area contributed by atoms with Gasteiger partial charge in [-0.25, -0.2) is 0 Å². The summed E-state index contributed by atoms with van der Waals surface area (Å²) in [4.78, 5) is 26.5. The molecule has 0 aromatic rings. The molecular formula is C66H125NO10. The molecule has 77 heavy (non-hydrogen) atoms. The summed E-state index contributed by atoms with van der Waals surface area (Å²) in [6, 6.07) is -1.02. The summed E-state index contributed by atoms with van der Waals surface area (Å²) in [5, 5.41) is 57.0. The standard InChI is InChI=1S/C66H125NO10/c1-4-7-10-13-16-19-22-24-25-26-27-28-29-30-31-32-33-34-36-39-41-44-47-50-53-59(70)65(74)67-57(58(69)52-49-46-43-40-38-35-23-20-17-14-11-8-5-2)56-75-66-64(63(73)62(72)60(55-68)76-66)77-61(71)54-51-48-45-42-37-21-18-15-12-9-6-3/h24-25,49,52,57-60,62-64,66,68-70,72-73H,4-23,26-48,50-51,53-56H2,1-3H3,(H,67,74)/b25-24+,52-49+. The second-order valence-corrected chi connectivity index (χ2v) is 23.2. The Hall–Kier alpha value is -1.86. The van der Waals surface area contributed by atoms with Gasteiger partial charge in [-0.3, -0.25) is 9.59 Å². The van der Waals surface area contributed by atoms with Crippen molar-refractivity contribution in [3.05, 3.63) is 24.3 Å². The van der Waals surface area contributed by atoms with Crippen molar-refractivity contribution >= 4 is 11.9 Å². The number of carbonyl (C=O) groups is 2. The predicted octanol–water partition coefficient (Wildman–Crippen LogP) is 16.1. The maximum absolute atomic E-state index is 13.4. The lowest BCUT2D eigenvalue weighted by molar-refractivity contribution is -0.305. The number of hydrogen-bond acceptors (Lipinski definition) is 10. The van der Waals surface area contributed by atoms with Crippen molar-refractivity contribution in [2.45, 2.75) is 372 Å². The van der Waals surface area contributed by atoms with Crippen LogP contribution < -0.4 is 5.32 Å². The molecule has 11 nitrogen and oxygen atoms in total. The van der Waals surface area contributed by atoms with E-state index < -0.39 is 67.4 Å². The summed E-state index contributed by atoms with van der Waals surface area (Å²) >= 11 is 0. The van der Waals surface area contributed by atoms with E-state index in [0.717, 1.165) is 57.8 Å². The zero-order chi connectivity index (χ0) is 56.1. The SMILES string of the molecule is CCCCCCCC/C=C/CCCCCCCCCCCCCCCCC(O)C(=O)NC(COC1OC(CO)C(O)C(O)C1OC(=O)CCCCCCCCCCCCC)C(O)/C=C/CCCCCCCCCCCCC. The van der Waals surface area contributed by atoms with Crippen LogP contribution in [0.2, 0.25) is 0 Å².